The molecule has 0 saturated heterocycles. The molecule has 170 valence electrons. The van der Waals surface area contributed by atoms with Crippen molar-refractivity contribution in [2.75, 3.05) is 6.61 Å². The Morgan fingerprint density at radius 2 is 1.44 bits per heavy atom. The Morgan fingerprint density at radius 1 is 0.853 bits per heavy atom. The summed E-state index contributed by atoms with van der Waals surface area (Å²) in [4.78, 5) is 24.6. The highest BCUT2D eigenvalue weighted by atomic mass is 16.5. The van der Waals surface area contributed by atoms with Crippen molar-refractivity contribution in [2.45, 2.75) is 25.3 Å². The molecule has 0 radical (unpaired) electrons. The van der Waals surface area contributed by atoms with Gasteiger partial charge < -0.3 is 15.2 Å². The Balaban J connectivity index is 1.30. The number of aryl methyl sites for hydroxylation is 1. The van der Waals surface area contributed by atoms with Gasteiger partial charge in [-0.15, -0.1) is 0 Å². The van der Waals surface area contributed by atoms with E-state index >= 15 is 0 Å². The highest BCUT2D eigenvalue weighted by Gasteiger charge is 2.30. The molecule has 2 N–H and O–H groups in total. The fraction of sp³-hybridized carbons (Fsp3) is 0.172. The van der Waals surface area contributed by atoms with Crippen molar-refractivity contribution in [3.8, 4) is 11.1 Å². The molecule has 4 aromatic carbocycles. The van der Waals surface area contributed by atoms with Gasteiger partial charge in [0.25, 0.3) is 0 Å². The minimum Gasteiger partial charge on any atom is -0.480 e. The maximum Gasteiger partial charge on any atom is 0.407 e. The second kappa shape index (κ2) is 9.02. The predicted octanol–water partition coefficient (Wildman–Crippen LogP) is 5.68. The predicted molar refractivity (Wildman–Crippen MR) is 132 cm³/mol. The number of carboxylic acid groups (broad SMARTS) is 1. The molecule has 0 bridgehead atoms. The van der Waals surface area contributed by atoms with E-state index in [-0.39, 0.29) is 18.9 Å². The molecule has 0 saturated carbocycles. The molecule has 5 nitrogen and oxygen atoms in total. The van der Waals surface area contributed by atoms with Crippen LogP contribution in [-0.4, -0.2) is 29.8 Å². The van der Waals surface area contributed by atoms with E-state index in [1.165, 1.54) is 0 Å². The molecule has 0 aliphatic heterocycles. The summed E-state index contributed by atoms with van der Waals surface area (Å²) in [5.41, 5.74) is 6.49. The van der Waals surface area contributed by atoms with Gasteiger partial charge in [-0.2, -0.15) is 0 Å². The first-order valence-corrected chi connectivity index (χ1v) is 11.3. The van der Waals surface area contributed by atoms with Crippen molar-refractivity contribution in [3.05, 3.63) is 107 Å². The standard InChI is InChI=1S/C29H25NO4/c1-18-14-15-19(21-9-3-2-8-20(18)21)16-27(28(31)32)30-29(33)34-17-26-24-12-6-4-10-22(24)23-11-5-7-13-25(23)26/h2-15,26-27H,16-17H2,1H3,(H,30,33)(H,31,32). The molecule has 1 unspecified atom stereocenters. The summed E-state index contributed by atoms with van der Waals surface area (Å²) in [7, 11) is 0. The molecule has 34 heavy (non-hydrogen) atoms. The second-order valence-corrected chi connectivity index (χ2v) is 8.65. The Morgan fingerprint density at radius 3 is 2.09 bits per heavy atom. The Hall–Kier alpha value is -4.12. The van der Waals surface area contributed by atoms with Gasteiger partial charge in [-0.1, -0.05) is 84.9 Å². The number of nitrogens with one attached hydrogen (secondary N) is 1. The van der Waals surface area contributed by atoms with Crippen LogP contribution >= 0.6 is 0 Å². The lowest BCUT2D eigenvalue weighted by Gasteiger charge is -2.18. The number of fused-ring (bicyclic) bond motifs is 4. The molecule has 0 fully saturated rings. The number of rotatable bonds is 6. The lowest BCUT2D eigenvalue weighted by molar-refractivity contribution is -0.139. The van der Waals surface area contributed by atoms with Gasteiger partial charge in [0.1, 0.15) is 12.6 Å². The van der Waals surface area contributed by atoms with Gasteiger partial charge in [-0.05, 0) is 51.1 Å². The third kappa shape index (κ3) is 4.01. The molecule has 1 aliphatic carbocycles. The molecular formula is C29H25NO4. The highest BCUT2D eigenvalue weighted by molar-refractivity contribution is 5.89. The molecular weight excluding hydrogens is 426 g/mol. The first-order chi connectivity index (χ1) is 16.5. The van der Waals surface area contributed by atoms with Crippen LogP contribution in [0.5, 0.6) is 0 Å². The summed E-state index contributed by atoms with van der Waals surface area (Å²) in [6.07, 6.45) is -0.564. The Bertz CT molecular complexity index is 1350. The zero-order valence-electron chi connectivity index (χ0n) is 18.8. The summed E-state index contributed by atoms with van der Waals surface area (Å²) in [6.45, 7) is 2.16. The van der Waals surface area contributed by atoms with Crippen molar-refractivity contribution in [3.63, 3.8) is 0 Å². The minimum absolute atomic E-state index is 0.0810. The van der Waals surface area contributed by atoms with E-state index < -0.39 is 18.1 Å². The number of carbonyl (C=O) groups excluding carboxylic acids is 1. The summed E-state index contributed by atoms with van der Waals surface area (Å²) < 4.78 is 5.55. The molecule has 5 rings (SSSR count). The second-order valence-electron chi connectivity index (χ2n) is 8.65. The number of benzene rings is 4. The SMILES string of the molecule is Cc1ccc(CC(NC(=O)OCC2c3ccccc3-c3ccccc32)C(=O)O)c2ccccc12. The smallest absolute Gasteiger partial charge is 0.407 e. The number of hydrogen-bond acceptors (Lipinski definition) is 3. The lowest BCUT2D eigenvalue weighted by atomic mass is 9.96. The molecule has 0 aromatic heterocycles. The maximum atomic E-state index is 12.6. The number of amides is 1. The topological polar surface area (TPSA) is 75.6 Å². The molecule has 1 aliphatic rings. The molecule has 0 heterocycles. The monoisotopic (exact) mass is 451 g/mol. The molecule has 1 amide bonds. The van der Waals surface area contributed by atoms with Gasteiger partial charge in [0.05, 0.1) is 0 Å². The van der Waals surface area contributed by atoms with Crippen LogP contribution < -0.4 is 5.32 Å². The lowest BCUT2D eigenvalue weighted by Crippen LogP contribution is -2.43. The normalized spacial score (nSPS) is 13.2. The fourth-order valence-corrected chi connectivity index (χ4v) is 4.89. The van der Waals surface area contributed by atoms with Crippen LogP contribution in [0.1, 0.15) is 28.2 Å². The first kappa shape index (κ1) is 21.7. The zero-order valence-corrected chi connectivity index (χ0v) is 18.8. The van der Waals surface area contributed by atoms with Gasteiger partial charge in [0.2, 0.25) is 0 Å². The van der Waals surface area contributed by atoms with Crippen LogP contribution in [0.15, 0.2) is 84.9 Å². The van der Waals surface area contributed by atoms with Crippen molar-refractivity contribution in [1.29, 1.82) is 0 Å². The number of alkyl carbamates (subject to hydrolysis) is 1. The van der Waals surface area contributed by atoms with E-state index in [1.807, 2.05) is 79.7 Å². The fourth-order valence-electron chi connectivity index (χ4n) is 4.89. The van der Waals surface area contributed by atoms with E-state index in [0.717, 1.165) is 44.2 Å². The number of carboxylic acids is 1. The maximum absolute atomic E-state index is 12.6. The summed E-state index contributed by atoms with van der Waals surface area (Å²) in [5.74, 6) is -1.18. The summed E-state index contributed by atoms with van der Waals surface area (Å²) >= 11 is 0. The highest BCUT2D eigenvalue weighted by Crippen LogP contribution is 2.44. The average molecular weight is 452 g/mol. The van der Waals surface area contributed by atoms with E-state index in [0.29, 0.717) is 0 Å². The molecule has 1 atom stereocenters. The largest absolute Gasteiger partial charge is 0.480 e. The number of ether oxygens (including phenoxy) is 1. The van der Waals surface area contributed by atoms with E-state index in [4.69, 9.17) is 4.74 Å². The Kier molecular flexibility index (Phi) is 5.76. The average Bonchev–Trinajstić information content (AvgIpc) is 3.18. The molecule has 5 heteroatoms. The van der Waals surface area contributed by atoms with Crippen molar-refractivity contribution in [2.24, 2.45) is 0 Å². The van der Waals surface area contributed by atoms with Crippen molar-refractivity contribution < 1.29 is 19.4 Å². The van der Waals surface area contributed by atoms with Crippen LogP contribution in [0.3, 0.4) is 0 Å². The van der Waals surface area contributed by atoms with E-state index in [1.54, 1.807) is 0 Å². The van der Waals surface area contributed by atoms with Gasteiger partial charge in [-0.25, -0.2) is 9.59 Å². The summed E-state index contributed by atoms with van der Waals surface area (Å²) in [5, 5.41) is 14.4. The van der Waals surface area contributed by atoms with Crippen LogP contribution in [0.2, 0.25) is 0 Å². The Labute approximate surface area is 198 Å². The third-order valence-corrected chi connectivity index (χ3v) is 6.59. The van der Waals surface area contributed by atoms with Crippen molar-refractivity contribution >= 4 is 22.8 Å². The van der Waals surface area contributed by atoms with Crippen LogP contribution in [0.25, 0.3) is 21.9 Å². The zero-order chi connectivity index (χ0) is 23.7. The van der Waals surface area contributed by atoms with Gasteiger partial charge in [0.15, 0.2) is 0 Å². The number of carbonyl (C=O) groups is 2. The molecule has 0 spiro atoms. The van der Waals surface area contributed by atoms with Gasteiger partial charge in [-0.3, -0.25) is 0 Å². The number of hydrogen-bond donors (Lipinski definition) is 2. The van der Waals surface area contributed by atoms with Crippen LogP contribution in [-0.2, 0) is 16.0 Å². The van der Waals surface area contributed by atoms with Gasteiger partial charge >= 0.3 is 12.1 Å². The number of aliphatic carboxylic acids is 1. The van der Waals surface area contributed by atoms with E-state index in [9.17, 15) is 14.7 Å². The molecule has 4 aromatic rings. The van der Waals surface area contributed by atoms with E-state index in [2.05, 4.69) is 17.4 Å². The quantitative estimate of drug-likeness (QED) is 0.395. The summed E-state index contributed by atoms with van der Waals surface area (Å²) in [6, 6.07) is 26.9. The van der Waals surface area contributed by atoms with Crippen molar-refractivity contribution in [1.82, 2.24) is 5.32 Å². The first-order valence-electron chi connectivity index (χ1n) is 11.3. The van der Waals surface area contributed by atoms with Crippen LogP contribution in [0, 0.1) is 6.92 Å². The van der Waals surface area contributed by atoms with Gasteiger partial charge in [0, 0.05) is 12.3 Å². The van der Waals surface area contributed by atoms with Crippen LogP contribution in [0.4, 0.5) is 4.79 Å². The minimum atomic E-state index is -1.10. The third-order valence-electron chi connectivity index (χ3n) is 6.59.